The Hall–Kier alpha value is -3.92. The Balaban J connectivity index is 0.000000185. The molecule has 5 aromatic rings. The summed E-state index contributed by atoms with van der Waals surface area (Å²) in [4.78, 5) is 28.2. The summed E-state index contributed by atoms with van der Waals surface area (Å²) in [5.74, 6) is -1.59. The Labute approximate surface area is 281 Å². The summed E-state index contributed by atoms with van der Waals surface area (Å²) in [6, 6.07) is 22.4. The number of aromatic nitrogens is 2. The van der Waals surface area contributed by atoms with Gasteiger partial charge in [-0.15, -0.1) is 0 Å². The Morgan fingerprint density at radius 2 is 1.45 bits per heavy atom. The molecule has 0 unspecified atom stereocenters. The van der Waals surface area contributed by atoms with Crippen molar-refractivity contribution in [1.29, 1.82) is 0 Å². The van der Waals surface area contributed by atoms with Crippen molar-refractivity contribution in [1.82, 2.24) is 23.4 Å². The molecule has 248 valence electrons. The lowest BCUT2D eigenvalue weighted by molar-refractivity contribution is 0.0971. The van der Waals surface area contributed by atoms with E-state index in [1.165, 1.54) is 0 Å². The largest absolute Gasteiger partial charge is 0.364 e. The Morgan fingerprint density at radius 1 is 0.830 bits per heavy atom. The van der Waals surface area contributed by atoms with Gasteiger partial charge in [-0.05, 0) is 30.5 Å². The van der Waals surface area contributed by atoms with E-state index in [1.54, 1.807) is 48.5 Å². The minimum Gasteiger partial charge on any atom is -0.364 e. The van der Waals surface area contributed by atoms with Gasteiger partial charge >= 0.3 is 0 Å². The predicted octanol–water partition coefficient (Wildman–Crippen LogP) is 4.88. The molecule has 2 aromatic heterocycles. The van der Waals surface area contributed by atoms with Crippen LogP contribution in [0.2, 0.25) is 0 Å². The van der Waals surface area contributed by atoms with Crippen LogP contribution in [0.15, 0.2) is 88.7 Å². The van der Waals surface area contributed by atoms with Crippen molar-refractivity contribution in [2.24, 2.45) is 5.73 Å². The summed E-state index contributed by atoms with van der Waals surface area (Å²) in [6.07, 6.45) is 4.70. The highest BCUT2D eigenvalue weighted by Gasteiger charge is 2.32. The molecule has 47 heavy (non-hydrogen) atoms. The minimum absolute atomic E-state index is 0.105. The molecule has 2 heterocycles. The minimum atomic E-state index is -3.93. The number of nitrogens with zero attached hydrogens (tertiary/aromatic N) is 1. The summed E-state index contributed by atoms with van der Waals surface area (Å²) in [5, 5.41) is 0.813. The zero-order valence-electron chi connectivity index (χ0n) is 24.9. The van der Waals surface area contributed by atoms with Crippen molar-refractivity contribution in [2.45, 2.75) is 54.5 Å². The van der Waals surface area contributed by atoms with E-state index in [0.717, 1.165) is 41.8 Å². The molecule has 1 aliphatic rings. The van der Waals surface area contributed by atoms with Crippen LogP contribution in [0.4, 0.5) is 0 Å². The van der Waals surface area contributed by atoms with E-state index in [-0.39, 0.29) is 33.8 Å². The van der Waals surface area contributed by atoms with Gasteiger partial charge < -0.3 is 10.7 Å². The maximum Gasteiger partial charge on any atom is 0.283 e. The van der Waals surface area contributed by atoms with Crippen LogP contribution in [-0.2, 0) is 26.6 Å². The zero-order valence-corrected chi connectivity index (χ0v) is 28.0. The Morgan fingerprint density at radius 3 is 2.11 bits per heavy atom. The number of sulfonamides is 2. The summed E-state index contributed by atoms with van der Waals surface area (Å²) >= 11 is 11.5. The number of fused-ring (bicyclic) bond motifs is 2. The number of H-pyrrole nitrogens is 1. The molecule has 0 bridgehead atoms. The lowest BCUT2D eigenvalue weighted by Crippen LogP contribution is -2.37. The van der Waals surface area contributed by atoms with Gasteiger partial charge in [0.2, 0.25) is 20.0 Å². The average Bonchev–Trinajstić information content (AvgIpc) is 3.62. The Bertz CT molecular complexity index is 2150. The fourth-order valence-corrected chi connectivity index (χ4v) is 9.14. The van der Waals surface area contributed by atoms with E-state index in [1.807, 2.05) is 35.2 Å². The molecular formula is C31H32Cl2N6O6S2. The van der Waals surface area contributed by atoms with E-state index in [2.05, 4.69) is 14.4 Å². The fourth-order valence-electron chi connectivity index (χ4n) is 5.60. The number of aromatic amines is 1. The first-order valence-corrected chi connectivity index (χ1v) is 18.3. The van der Waals surface area contributed by atoms with Crippen molar-refractivity contribution < 1.29 is 26.4 Å². The second kappa shape index (κ2) is 14.5. The van der Waals surface area contributed by atoms with Gasteiger partial charge in [0.15, 0.2) is 0 Å². The normalized spacial score (nSPS) is 14.1. The van der Waals surface area contributed by atoms with Gasteiger partial charge in [-0.2, -0.15) is 0 Å². The predicted molar refractivity (Wildman–Crippen MR) is 181 cm³/mol. The zero-order chi connectivity index (χ0) is 33.8. The van der Waals surface area contributed by atoms with Crippen molar-refractivity contribution in [3.8, 4) is 0 Å². The average molecular weight is 720 g/mol. The molecule has 12 nitrogen and oxygen atoms in total. The van der Waals surface area contributed by atoms with Crippen molar-refractivity contribution in [3.05, 3.63) is 95.8 Å². The number of hydrogen-bond donors (Lipinski definition) is 5. The molecule has 0 aliphatic heterocycles. The first-order valence-electron chi connectivity index (χ1n) is 14.6. The molecule has 1 aliphatic carbocycles. The van der Waals surface area contributed by atoms with Crippen LogP contribution in [0.3, 0.4) is 0 Å². The van der Waals surface area contributed by atoms with Gasteiger partial charge in [-0.25, -0.2) is 30.4 Å². The quantitative estimate of drug-likeness (QED) is 0.135. The van der Waals surface area contributed by atoms with Crippen LogP contribution >= 0.6 is 23.6 Å². The van der Waals surface area contributed by atoms with E-state index < -0.39 is 31.9 Å². The van der Waals surface area contributed by atoms with E-state index in [9.17, 15) is 26.4 Å². The maximum atomic E-state index is 12.9. The number of para-hydroxylation sites is 2. The van der Waals surface area contributed by atoms with Gasteiger partial charge in [0, 0.05) is 52.4 Å². The fraction of sp³-hybridized carbons (Fsp3) is 0.226. The van der Waals surface area contributed by atoms with Crippen LogP contribution in [0.1, 0.15) is 58.6 Å². The van der Waals surface area contributed by atoms with Crippen LogP contribution in [0.25, 0.3) is 21.8 Å². The third-order valence-electron chi connectivity index (χ3n) is 7.75. The van der Waals surface area contributed by atoms with Gasteiger partial charge in [0.1, 0.15) is 21.2 Å². The molecule has 6 N–H and O–H groups in total. The molecule has 0 spiro atoms. The highest BCUT2D eigenvalue weighted by atomic mass is 35.5. The Kier molecular flexibility index (Phi) is 10.6. The summed E-state index contributed by atoms with van der Waals surface area (Å²) in [5.41, 5.74) is 6.84. The van der Waals surface area contributed by atoms with E-state index in [4.69, 9.17) is 29.3 Å². The third-order valence-corrected chi connectivity index (χ3v) is 11.4. The molecule has 0 saturated heterocycles. The summed E-state index contributed by atoms with van der Waals surface area (Å²) in [7, 11) is -7.83. The number of primary amides is 1. The number of amides is 2. The maximum absolute atomic E-state index is 12.9. The summed E-state index contributed by atoms with van der Waals surface area (Å²) < 4.78 is 57.5. The number of nitrogens with two attached hydrogens (primary N) is 1. The van der Waals surface area contributed by atoms with Crippen LogP contribution in [0, 0.1) is 0 Å². The standard InChI is InChI=1S/C16H14ClN3O3S.C15H18ClN3O3S/c17-20-16(21)14-15(12-8-4-5-9-13(12)19-14)24(22,23)18-10-11-6-2-1-3-7-11;16-19-12-9-5-4-8-11(12)14(13(19)15(17)20)23(21,22)18-10-6-2-1-3-7-10/h1-9,18-19H,10H2,(H,20,21);4-5,8-10,18H,1-3,6-7H2,(H2,17,20). The molecule has 0 atom stereocenters. The lowest BCUT2D eigenvalue weighted by atomic mass is 9.96. The number of rotatable bonds is 9. The number of carbonyl (C=O) groups excluding carboxylic acids is 2. The number of halogens is 2. The molecule has 6 rings (SSSR count). The highest BCUT2D eigenvalue weighted by Crippen LogP contribution is 2.32. The van der Waals surface area contributed by atoms with Gasteiger partial charge in [0.25, 0.3) is 11.8 Å². The molecule has 1 saturated carbocycles. The van der Waals surface area contributed by atoms with Crippen molar-refractivity contribution in [2.75, 3.05) is 0 Å². The number of carbonyl (C=O) groups is 2. The molecule has 16 heteroatoms. The smallest absolute Gasteiger partial charge is 0.283 e. The second-order valence-electron chi connectivity index (χ2n) is 10.9. The monoisotopic (exact) mass is 718 g/mol. The number of nitrogens with one attached hydrogen (secondary N) is 4. The van der Waals surface area contributed by atoms with Crippen molar-refractivity contribution >= 4 is 77.2 Å². The lowest BCUT2D eigenvalue weighted by Gasteiger charge is -2.22. The van der Waals surface area contributed by atoms with E-state index >= 15 is 0 Å². The topological polar surface area (TPSA) is 185 Å². The first kappa shape index (κ1) is 34.4. The first-order chi connectivity index (χ1) is 22.4. The summed E-state index contributed by atoms with van der Waals surface area (Å²) in [6.45, 7) is 0.116. The van der Waals surface area contributed by atoms with Crippen LogP contribution < -0.4 is 20.0 Å². The third kappa shape index (κ3) is 7.48. The van der Waals surface area contributed by atoms with Gasteiger partial charge in [-0.3, -0.25) is 14.4 Å². The van der Waals surface area contributed by atoms with E-state index in [0.29, 0.717) is 21.8 Å². The molecule has 2 amide bonds. The molecule has 1 fully saturated rings. The van der Waals surface area contributed by atoms with Gasteiger partial charge in [0.05, 0.1) is 5.52 Å². The van der Waals surface area contributed by atoms with Crippen molar-refractivity contribution in [3.63, 3.8) is 0 Å². The highest BCUT2D eigenvalue weighted by molar-refractivity contribution is 7.90. The SMILES string of the molecule is NC(=O)c1c(S(=O)(=O)NC2CCCCC2)c2ccccc2n1Cl.O=C(NCl)c1[nH]c2ccccc2c1S(=O)(=O)NCc1ccccc1. The van der Waals surface area contributed by atoms with Gasteiger partial charge in [-0.1, -0.05) is 86.0 Å². The number of hydrogen-bond acceptors (Lipinski definition) is 6. The van der Waals surface area contributed by atoms with Crippen LogP contribution in [-0.4, -0.2) is 43.8 Å². The second-order valence-corrected chi connectivity index (χ2v) is 14.8. The molecular weight excluding hydrogens is 687 g/mol. The van der Waals surface area contributed by atoms with Crippen LogP contribution in [0.5, 0.6) is 0 Å². The number of benzene rings is 3. The molecule has 3 aromatic carbocycles. The molecule has 0 radical (unpaired) electrons.